The van der Waals surface area contributed by atoms with Gasteiger partial charge in [-0.25, -0.2) is 8.42 Å². The standard InChI is InChI=1S/C19H22N2O3S/c1-13-10-14(2)12-16(11-13)21-9-8-17(19(21)22)20-25(23,24)18-7-5-4-6-15(18)3/h4-7,10-12,17,20H,8-9H2,1-3H3/t17-/m0/s1. The summed E-state index contributed by atoms with van der Waals surface area (Å²) in [5.41, 5.74) is 3.63. The number of sulfonamides is 1. The number of nitrogens with one attached hydrogen (secondary N) is 1. The van der Waals surface area contributed by atoms with Crippen LogP contribution in [0.1, 0.15) is 23.1 Å². The van der Waals surface area contributed by atoms with Gasteiger partial charge in [-0.2, -0.15) is 4.72 Å². The monoisotopic (exact) mass is 358 g/mol. The molecule has 1 fully saturated rings. The molecule has 0 aromatic heterocycles. The number of anilines is 1. The van der Waals surface area contributed by atoms with Gasteiger partial charge in [0.2, 0.25) is 15.9 Å². The van der Waals surface area contributed by atoms with Crippen LogP contribution < -0.4 is 9.62 Å². The second-order valence-electron chi connectivity index (χ2n) is 6.56. The van der Waals surface area contributed by atoms with E-state index in [2.05, 4.69) is 4.72 Å². The molecule has 0 aliphatic carbocycles. The summed E-state index contributed by atoms with van der Waals surface area (Å²) in [5.74, 6) is -0.206. The maximum atomic E-state index is 12.7. The Balaban J connectivity index is 1.82. The Morgan fingerprint density at radius 1 is 1.04 bits per heavy atom. The first-order valence-corrected chi connectivity index (χ1v) is 9.74. The molecule has 0 spiro atoms. The highest BCUT2D eigenvalue weighted by Crippen LogP contribution is 2.25. The third-order valence-corrected chi connectivity index (χ3v) is 6.04. The molecule has 1 aliphatic rings. The van der Waals surface area contributed by atoms with Gasteiger partial charge in [0, 0.05) is 12.2 Å². The third-order valence-electron chi connectivity index (χ3n) is 4.40. The van der Waals surface area contributed by atoms with Crippen LogP contribution in [0.5, 0.6) is 0 Å². The largest absolute Gasteiger partial charge is 0.311 e. The minimum absolute atomic E-state index is 0.206. The predicted molar refractivity (Wildman–Crippen MR) is 98.2 cm³/mol. The second kappa shape index (κ2) is 6.61. The molecule has 2 aromatic carbocycles. The van der Waals surface area contributed by atoms with Crippen LogP contribution in [0.4, 0.5) is 5.69 Å². The first kappa shape index (κ1) is 17.6. The molecule has 0 unspecified atom stereocenters. The van der Waals surface area contributed by atoms with Gasteiger partial charge in [-0.1, -0.05) is 24.3 Å². The second-order valence-corrected chi connectivity index (χ2v) is 8.25. The van der Waals surface area contributed by atoms with Gasteiger partial charge in [0.1, 0.15) is 6.04 Å². The molecule has 0 radical (unpaired) electrons. The van der Waals surface area contributed by atoms with Crippen molar-refractivity contribution < 1.29 is 13.2 Å². The first-order chi connectivity index (χ1) is 11.8. The van der Waals surface area contributed by atoms with E-state index in [1.165, 1.54) is 0 Å². The SMILES string of the molecule is Cc1cc(C)cc(N2CC[C@H](NS(=O)(=O)c3ccccc3C)C2=O)c1. The van der Waals surface area contributed by atoms with Gasteiger partial charge >= 0.3 is 0 Å². The zero-order valence-electron chi connectivity index (χ0n) is 14.6. The number of amides is 1. The third kappa shape index (κ3) is 3.60. The lowest BCUT2D eigenvalue weighted by Crippen LogP contribution is -2.41. The summed E-state index contributed by atoms with van der Waals surface area (Å²) >= 11 is 0. The van der Waals surface area contributed by atoms with Gasteiger partial charge < -0.3 is 4.90 Å². The Morgan fingerprint density at radius 2 is 1.68 bits per heavy atom. The number of nitrogens with zero attached hydrogens (tertiary/aromatic N) is 1. The van der Waals surface area contributed by atoms with Crippen molar-refractivity contribution in [3.05, 3.63) is 59.2 Å². The normalized spacial score (nSPS) is 18.0. The minimum Gasteiger partial charge on any atom is -0.311 e. The first-order valence-electron chi connectivity index (χ1n) is 8.25. The summed E-state index contributed by atoms with van der Waals surface area (Å²) in [6, 6.07) is 12.0. The van der Waals surface area contributed by atoms with Crippen molar-refractivity contribution in [2.45, 2.75) is 38.1 Å². The zero-order valence-corrected chi connectivity index (χ0v) is 15.4. The molecule has 1 atom stereocenters. The highest BCUT2D eigenvalue weighted by Gasteiger charge is 2.36. The van der Waals surface area contributed by atoms with E-state index < -0.39 is 16.1 Å². The van der Waals surface area contributed by atoms with Gasteiger partial charge in [0.05, 0.1) is 4.90 Å². The van der Waals surface area contributed by atoms with E-state index in [9.17, 15) is 13.2 Å². The predicted octanol–water partition coefficient (Wildman–Crippen LogP) is 2.70. The van der Waals surface area contributed by atoms with Crippen molar-refractivity contribution in [3.8, 4) is 0 Å². The van der Waals surface area contributed by atoms with Crippen LogP contribution in [0.3, 0.4) is 0 Å². The highest BCUT2D eigenvalue weighted by molar-refractivity contribution is 7.89. The zero-order chi connectivity index (χ0) is 18.2. The highest BCUT2D eigenvalue weighted by atomic mass is 32.2. The van der Waals surface area contributed by atoms with Crippen LogP contribution >= 0.6 is 0 Å². The summed E-state index contributed by atoms with van der Waals surface area (Å²) < 4.78 is 27.8. The smallest absolute Gasteiger partial charge is 0.245 e. The molecule has 3 rings (SSSR count). The van der Waals surface area contributed by atoms with Crippen molar-refractivity contribution in [2.75, 3.05) is 11.4 Å². The van der Waals surface area contributed by atoms with E-state index >= 15 is 0 Å². The molecule has 0 saturated carbocycles. The Morgan fingerprint density at radius 3 is 2.32 bits per heavy atom. The average Bonchev–Trinajstić information content (AvgIpc) is 2.87. The fourth-order valence-electron chi connectivity index (χ4n) is 3.26. The van der Waals surface area contributed by atoms with Gasteiger partial charge in [-0.05, 0) is 62.1 Å². The lowest BCUT2D eigenvalue weighted by molar-refractivity contribution is -0.118. The van der Waals surface area contributed by atoms with Crippen molar-refractivity contribution >= 4 is 21.6 Å². The summed E-state index contributed by atoms with van der Waals surface area (Å²) in [6.07, 6.45) is 0.455. The van der Waals surface area contributed by atoms with Gasteiger partial charge in [0.25, 0.3) is 0 Å². The van der Waals surface area contributed by atoms with Gasteiger partial charge in [-0.3, -0.25) is 4.79 Å². The molecular weight excluding hydrogens is 336 g/mol. The number of aryl methyl sites for hydroxylation is 3. The van der Waals surface area contributed by atoms with Crippen molar-refractivity contribution in [1.29, 1.82) is 0 Å². The molecule has 1 heterocycles. The molecule has 1 amide bonds. The lowest BCUT2D eigenvalue weighted by atomic mass is 10.1. The van der Waals surface area contributed by atoms with Crippen LogP contribution in [0.15, 0.2) is 47.4 Å². The molecule has 1 N–H and O–H groups in total. The van der Waals surface area contributed by atoms with Crippen molar-refractivity contribution in [1.82, 2.24) is 4.72 Å². The Hall–Kier alpha value is -2.18. The van der Waals surface area contributed by atoms with E-state index in [1.807, 2.05) is 32.0 Å². The molecule has 2 aromatic rings. The topological polar surface area (TPSA) is 66.5 Å². The maximum Gasteiger partial charge on any atom is 0.245 e. The summed E-state index contributed by atoms with van der Waals surface area (Å²) in [5, 5.41) is 0. The van der Waals surface area contributed by atoms with Crippen LogP contribution in [-0.2, 0) is 14.8 Å². The van der Waals surface area contributed by atoms with E-state index in [0.717, 1.165) is 16.8 Å². The minimum atomic E-state index is -3.73. The molecule has 0 bridgehead atoms. The Bertz CT molecular complexity index is 902. The van der Waals surface area contributed by atoms with Crippen molar-refractivity contribution in [2.24, 2.45) is 0 Å². The van der Waals surface area contributed by atoms with Crippen LogP contribution in [0.2, 0.25) is 0 Å². The van der Waals surface area contributed by atoms with Gasteiger partial charge in [-0.15, -0.1) is 0 Å². The fraction of sp³-hybridized carbons (Fsp3) is 0.316. The van der Waals surface area contributed by atoms with E-state index in [1.54, 1.807) is 36.1 Å². The summed E-state index contributed by atoms with van der Waals surface area (Å²) in [4.78, 5) is 14.6. The fourth-order valence-corrected chi connectivity index (χ4v) is 4.73. The van der Waals surface area contributed by atoms with E-state index in [-0.39, 0.29) is 10.8 Å². The van der Waals surface area contributed by atoms with E-state index in [4.69, 9.17) is 0 Å². The maximum absolute atomic E-state index is 12.7. The summed E-state index contributed by atoms with van der Waals surface area (Å²) in [6.45, 7) is 6.21. The molecule has 6 heteroatoms. The average molecular weight is 358 g/mol. The molecule has 132 valence electrons. The van der Waals surface area contributed by atoms with E-state index in [0.29, 0.717) is 18.5 Å². The quantitative estimate of drug-likeness (QED) is 0.914. The molecule has 1 aliphatic heterocycles. The Labute approximate surface area is 148 Å². The number of hydrogen-bond donors (Lipinski definition) is 1. The van der Waals surface area contributed by atoms with Crippen LogP contribution in [-0.4, -0.2) is 26.9 Å². The number of carbonyl (C=O) groups is 1. The summed E-state index contributed by atoms with van der Waals surface area (Å²) in [7, 11) is -3.73. The molecule has 1 saturated heterocycles. The van der Waals surface area contributed by atoms with Crippen molar-refractivity contribution in [3.63, 3.8) is 0 Å². The number of carbonyl (C=O) groups excluding carboxylic acids is 1. The number of hydrogen-bond acceptors (Lipinski definition) is 3. The molecule has 5 nitrogen and oxygen atoms in total. The van der Waals surface area contributed by atoms with Crippen LogP contribution in [0.25, 0.3) is 0 Å². The molecule has 25 heavy (non-hydrogen) atoms. The number of benzene rings is 2. The Kier molecular flexibility index (Phi) is 4.67. The lowest BCUT2D eigenvalue weighted by Gasteiger charge is -2.19. The number of rotatable bonds is 4. The van der Waals surface area contributed by atoms with Crippen LogP contribution in [0, 0.1) is 20.8 Å². The van der Waals surface area contributed by atoms with Gasteiger partial charge in [0.15, 0.2) is 0 Å². The molecular formula is C19H22N2O3S.